The predicted octanol–water partition coefficient (Wildman–Crippen LogP) is 3.87. The summed E-state index contributed by atoms with van der Waals surface area (Å²) in [6, 6.07) is 2.24. The molecule has 2 atom stereocenters. The molecule has 1 heterocycles. The van der Waals surface area contributed by atoms with E-state index in [1.165, 1.54) is 0 Å². The van der Waals surface area contributed by atoms with E-state index in [0.29, 0.717) is 4.90 Å². The van der Waals surface area contributed by atoms with Crippen LogP contribution in [0.15, 0.2) is 11.0 Å². The molecule has 4 heteroatoms. The zero-order valence-electron chi connectivity index (χ0n) is 14.0. The molecular weight excluding hydrogens is 282 g/mol. The van der Waals surface area contributed by atoms with Crippen molar-refractivity contribution in [2.24, 2.45) is 0 Å². The van der Waals surface area contributed by atoms with Crippen LogP contribution in [0.5, 0.6) is 0 Å². The van der Waals surface area contributed by atoms with E-state index < -0.39 is 10.0 Å². The second kappa shape index (κ2) is 5.73. The van der Waals surface area contributed by atoms with E-state index in [1.807, 2.05) is 41.5 Å². The highest BCUT2D eigenvalue weighted by atomic mass is 32.2. The van der Waals surface area contributed by atoms with Crippen molar-refractivity contribution in [2.75, 3.05) is 0 Å². The van der Waals surface area contributed by atoms with Gasteiger partial charge in [-0.05, 0) is 76.6 Å². The van der Waals surface area contributed by atoms with Crippen molar-refractivity contribution >= 4 is 10.0 Å². The molecule has 118 valence electrons. The molecule has 0 bridgehead atoms. The molecule has 0 radical (unpaired) electrons. The molecular formula is C17H27NO2S. The van der Waals surface area contributed by atoms with Crippen LogP contribution in [0.1, 0.15) is 55.4 Å². The third-order valence-corrected chi connectivity index (χ3v) is 7.35. The summed E-state index contributed by atoms with van der Waals surface area (Å²) in [7, 11) is -3.43. The van der Waals surface area contributed by atoms with Gasteiger partial charge in [-0.2, -0.15) is 4.31 Å². The van der Waals surface area contributed by atoms with Crippen LogP contribution in [0.2, 0.25) is 0 Å². The Morgan fingerprint density at radius 2 is 1.38 bits per heavy atom. The Hall–Kier alpha value is -0.870. The molecule has 0 unspecified atom stereocenters. The molecule has 0 N–H and O–H groups in total. The Bertz CT molecular complexity index is 613. The van der Waals surface area contributed by atoms with Crippen LogP contribution in [0.3, 0.4) is 0 Å². The molecule has 3 nitrogen and oxygen atoms in total. The minimum atomic E-state index is -3.43. The van der Waals surface area contributed by atoms with E-state index in [0.717, 1.165) is 41.5 Å². The maximum Gasteiger partial charge on any atom is 0.244 e. The molecule has 0 spiro atoms. The SMILES string of the molecule is Cc1cc(C)c(C)c(S(=O)(=O)N2[C@H](C)CCC[C@H]2C)c1C. The first kappa shape index (κ1) is 16.5. The molecule has 2 rings (SSSR count). The van der Waals surface area contributed by atoms with Crippen LogP contribution in [-0.4, -0.2) is 24.8 Å². The van der Waals surface area contributed by atoms with Gasteiger partial charge < -0.3 is 0 Å². The average Bonchev–Trinajstić information content (AvgIpc) is 2.36. The van der Waals surface area contributed by atoms with Gasteiger partial charge in [-0.1, -0.05) is 12.5 Å². The number of sulfonamides is 1. The third-order valence-electron chi connectivity index (χ3n) is 4.95. The number of rotatable bonds is 2. The lowest BCUT2D eigenvalue weighted by atomic mass is 10.0. The molecule has 1 aromatic carbocycles. The van der Waals surface area contributed by atoms with E-state index in [1.54, 1.807) is 4.31 Å². The minimum Gasteiger partial charge on any atom is -0.207 e. The van der Waals surface area contributed by atoms with Crippen LogP contribution in [-0.2, 0) is 10.0 Å². The molecule has 1 aliphatic rings. The predicted molar refractivity (Wildman–Crippen MR) is 87.2 cm³/mol. The van der Waals surface area contributed by atoms with Gasteiger partial charge in [-0.25, -0.2) is 8.42 Å². The summed E-state index contributed by atoms with van der Waals surface area (Å²) >= 11 is 0. The van der Waals surface area contributed by atoms with E-state index in [2.05, 4.69) is 6.07 Å². The first-order valence-corrected chi connectivity index (χ1v) is 9.23. The quantitative estimate of drug-likeness (QED) is 0.831. The summed E-state index contributed by atoms with van der Waals surface area (Å²) in [5, 5.41) is 0. The highest BCUT2D eigenvalue weighted by Gasteiger charge is 2.37. The maximum absolute atomic E-state index is 13.3. The molecule has 1 aliphatic heterocycles. The standard InChI is InChI=1S/C17H27NO2S/c1-11-10-12(2)16(6)17(15(11)5)21(19,20)18-13(3)8-7-9-14(18)4/h10,13-14H,7-9H2,1-6H3/t13-,14-/m1/s1. The molecule has 0 amide bonds. The summed E-state index contributed by atoms with van der Waals surface area (Å²) < 4.78 is 28.3. The zero-order chi connectivity index (χ0) is 15.9. The molecule has 0 aromatic heterocycles. The lowest BCUT2D eigenvalue weighted by Gasteiger charge is -2.38. The zero-order valence-corrected chi connectivity index (χ0v) is 14.8. The van der Waals surface area contributed by atoms with Crippen LogP contribution in [0, 0.1) is 27.7 Å². The number of aryl methyl sites for hydroxylation is 2. The van der Waals surface area contributed by atoms with Gasteiger partial charge in [0.2, 0.25) is 10.0 Å². The fourth-order valence-electron chi connectivity index (χ4n) is 3.54. The largest absolute Gasteiger partial charge is 0.244 e. The number of nitrogens with zero attached hydrogens (tertiary/aromatic N) is 1. The summed E-state index contributed by atoms with van der Waals surface area (Å²) in [5.74, 6) is 0. The van der Waals surface area contributed by atoms with Crippen LogP contribution >= 0.6 is 0 Å². The highest BCUT2D eigenvalue weighted by molar-refractivity contribution is 7.89. The van der Waals surface area contributed by atoms with Gasteiger partial charge in [0.05, 0.1) is 4.90 Å². The van der Waals surface area contributed by atoms with Crippen molar-refractivity contribution in [3.05, 3.63) is 28.3 Å². The van der Waals surface area contributed by atoms with Crippen LogP contribution in [0.25, 0.3) is 0 Å². The summed E-state index contributed by atoms with van der Waals surface area (Å²) in [5.41, 5.74) is 3.88. The average molecular weight is 309 g/mol. The number of hydrogen-bond donors (Lipinski definition) is 0. The van der Waals surface area contributed by atoms with Crippen molar-refractivity contribution in [1.82, 2.24) is 4.31 Å². The summed E-state index contributed by atoms with van der Waals surface area (Å²) in [4.78, 5) is 0.528. The molecule has 21 heavy (non-hydrogen) atoms. The minimum absolute atomic E-state index is 0.0818. The Morgan fingerprint density at radius 3 is 1.81 bits per heavy atom. The topological polar surface area (TPSA) is 37.4 Å². The van der Waals surface area contributed by atoms with Crippen molar-refractivity contribution in [2.45, 2.75) is 77.8 Å². The molecule has 0 aliphatic carbocycles. The second-order valence-electron chi connectivity index (χ2n) is 6.55. The molecule has 1 aromatic rings. The summed E-state index contributed by atoms with van der Waals surface area (Å²) in [6.07, 6.45) is 3.01. The van der Waals surface area contributed by atoms with Gasteiger partial charge in [-0.15, -0.1) is 0 Å². The van der Waals surface area contributed by atoms with E-state index in [9.17, 15) is 8.42 Å². The molecule has 1 fully saturated rings. The van der Waals surface area contributed by atoms with Gasteiger partial charge in [0.1, 0.15) is 0 Å². The van der Waals surface area contributed by atoms with E-state index in [4.69, 9.17) is 0 Å². The van der Waals surface area contributed by atoms with Gasteiger partial charge in [0.25, 0.3) is 0 Å². The normalized spacial score (nSPS) is 24.3. The first-order chi connectivity index (χ1) is 9.67. The summed E-state index contributed by atoms with van der Waals surface area (Å²) in [6.45, 7) is 11.9. The highest BCUT2D eigenvalue weighted by Crippen LogP contribution is 2.34. The van der Waals surface area contributed by atoms with E-state index in [-0.39, 0.29) is 12.1 Å². The Kier molecular flexibility index (Phi) is 4.50. The van der Waals surface area contributed by atoms with Gasteiger partial charge in [0, 0.05) is 12.1 Å². The van der Waals surface area contributed by atoms with Crippen molar-refractivity contribution < 1.29 is 8.42 Å². The number of benzene rings is 1. The maximum atomic E-state index is 13.3. The second-order valence-corrected chi connectivity index (χ2v) is 8.33. The lowest BCUT2D eigenvalue weighted by molar-refractivity contribution is 0.204. The van der Waals surface area contributed by atoms with Crippen LogP contribution in [0.4, 0.5) is 0 Å². The van der Waals surface area contributed by atoms with Gasteiger partial charge in [0.15, 0.2) is 0 Å². The number of hydrogen-bond acceptors (Lipinski definition) is 2. The lowest BCUT2D eigenvalue weighted by Crippen LogP contribution is -2.47. The smallest absolute Gasteiger partial charge is 0.207 e. The van der Waals surface area contributed by atoms with Gasteiger partial charge in [-0.3, -0.25) is 0 Å². The van der Waals surface area contributed by atoms with Crippen molar-refractivity contribution in [1.29, 1.82) is 0 Å². The van der Waals surface area contributed by atoms with Gasteiger partial charge >= 0.3 is 0 Å². The van der Waals surface area contributed by atoms with Crippen molar-refractivity contribution in [3.63, 3.8) is 0 Å². The Morgan fingerprint density at radius 1 is 0.952 bits per heavy atom. The fourth-order valence-corrected chi connectivity index (χ4v) is 6.01. The Labute approximate surface area is 129 Å². The monoisotopic (exact) mass is 309 g/mol. The van der Waals surface area contributed by atoms with Crippen LogP contribution < -0.4 is 0 Å². The van der Waals surface area contributed by atoms with E-state index >= 15 is 0 Å². The molecule has 0 saturated carbocycles. The Balaban J connectivity index is 2.64. The fraction of sp³-hybridized carbons (Fsp3) is 0.647. The molecule has 1 saturated heterocycles. The third kappa shape index (κ3) is 2.76. The number of piperidine rings is 1. The van der Waals surface area contributed by atoms with Crippen molar-refractivity contribution in [3.8, 4) is 0 Å². The first-order valence-electron chi connectivity index (χ1n) is 7.78.